The maximum atomic E-state index is 6.68. The number of hydrogen-bond donors (Lipinski definition) is 1. The summed E-state index contributed by atoms with van der Waals surface area (Å²) in [6.45, 7) is 6.59. The summed E-state index contributed by atoms with van der Waals surface area (Å²) in [5.74, 6) is 1.02. The molecule has 1 N–H and O–H groups in total. The molecule has 2 fully saturated rings. The quantitative estimate of drug-likeness (QED) is 0.513. The summed E-state index contributed by atoms with van der Waals surface area (Å²) in [5, 5.41) is 6.64. The van der Waals surface area contributed by atoms with Crippen LogP contribution in [0, 0.1) is 0 Å². The Morgan fingerprint density at radius 3 is 2.76 bits per heavy atom. The Bertz CT molecular complexity index is 1280. The van der Waals surface area contributed by atoms with Gasteiger partial charge >= 0.3 is 6.01 Å². The first-order chi connectivity index (χ1) is 18.0. The van der Waals surface area contributed by atoms with Crippen molar-refractivity contribution >= 4 is 33.9 Å². The summed E-state index contributed by atoms with van der Waals surface area (Å²) in [5.41, 5.74) is 3.46. The number of likely N-dealkylation sites (N-methyl/N-ethyl adjacent to an activating group) is 2. The van der Waals surface area contributed by atoms with Gasteiger partial charge in [-0.05, 0) is 63.7 Å². The van der Waals surface area contributed by atoms with Gasteiger partial charge in [-0.2, -0.15) is 9.97 Å². The number of anilines is 2. The Kier molecular flexibility index (Phi) is 6.86. The average molecular weight is 521 g/mol. The van der Waals surface area contributed by atoms with Gasteiger partial charge in [0.25, 0.3) is 0 Å². The highest BCUT2D eigenvalue weighted by atomic mass is 35.5. The molecular formula is C29H37ClN6O. The molecule has 37 heavy (non-hydrogen) atoms. The molecule has 2 saturated heterocycles. The van der Waals surface area contributed by atoms with Crippen molar-refractivity contribution in [1.82, 2.24) is 20.2 Å². The second-order valence-corrected chi connectivity index (χ2v) is 11.3. The van der Waals surface area contributed by atoms with E-state index < -0.39 is 0 Å². The number of aromatic nitrogens is 2. The van der Waals surface area contributed by atoms with Crippen LogP contribution in [0.3, 0.4) is 0 Å². The molecule has 6 rings (SSSR count). The lowest BCUT2D eigenvalue weighted by Crippen LogP contribution is -2.38. The SMILES string of the molecule is C[C@H]1C[C@H](N(C)c2nc(OCC3CCCN3C)nc3c2CCN(c2cccc4cccc(Cl)c24)C3)CN1. The van der Waals surface area contributed by atoms with Gasteiger partial charge in [0.1, 0.15) is 12.4 Å². The van der Waals surface area contributed by atoms with E-state index in [9.17, 15) is 0 Å². The summed E-state index contributed by atoms with van der Waals surface area (Å²) >= 11 is 6.68. The molecular weight excluding hydrogens is 484 g/mol. The van der Waals surface area contributed by atoms with Gasteiger partial charge in [-0.1, -0.05) is 35.9 Å². The second kappa shape index (κ2) is 10.3. The molecule has 196 valence electrons. The van der Waals surface area contributed by atoms with Gasteiger partial charge in [-0.25, -0.2) is 0 Å². The first-order valence-corrected chi connectivity index (χ1v) is 14.0. The van der Waals surface area contributed by atoms with E-state index in [0.717, 1.165) is 71.9 Å². The van der Waals surface area contributed by atoms with E-state index in [-0.39, 0.29) is 0 Å². The molecule has 8 heteroatoms. The van der Waals surface area contributed by atoms with E-state index in [4.69, 9.17) is 26.3 Å². The maximum Gasteiger partial charge on any atom is 0.318 e. The number of ether oxygens (including phenoxy) is 1. The zero-order chi connectivity index (χ0) is 25.5. The van der Waals surface area contributed by atoms with E-state index in [1.807, 2.05) is 12.1 Å². The minimum Gasteiger partial charge on any atom is -0.462 e. The van der Waals surface area contributed by atoms with Crippen LogP contribution in [-0.2, 0) is 13.0 Å². The molecule has 0 amide bonds. The van der Waals surface area contributed by atoms with E-state index in [0.29, 0.717) is 37.3 Å². The van der Waals surface area contributed by atoms with Crippen molar-refractivity contribution in [2.75, 3.05) is 50.1 Å². The van der Waals surface area contributed by atoms with Gasteiger partial charge in [-0.3, -0.25) is 0 Å². The van der Waals surface area contributed by atoms with E-state index in [2.05, 4.69) is 65.3 Å². The number of halogens is 1. The highest BCUT2D eigenvalue weighted by Crippen LogP contribution is 2.37. The van der Waals surface area contributed by atoms with Crippen molar-refractivity contribution in [1.29, 1.82) is 0 Å². The van der Waals surface area contributed by atoms with Gasteiger partial charge in [0.2, 0.25) is 0 Å². The Labute approximate surface area is 224 Å². The van der Waals surface area contributed by atoms with Crippen LogP contribution in [0.5, 0.6) is 6.01 Å². The summed E-state index contributed by atoms with van der Waals surface area (Å²) in [7, 11) is 4.35. The summed E-state index contributed by atoms with van der Waals surface area (Å²) < 4.78 is 6.29. The Morgan fingerprint density at radius 1 is 1.16 bits per heavy atom. The van der Waals surface area contributed by atoms with E-state index >= 15 is 0 Å². The number of benzene rings is 2. The number of rotatable bonds is 6. The lowest BCUT2D eigenvalue weighted by atomic mass is 10.0. The molecule has 3 atom stereocenters. The predicted molar refractivity (Wildman–Crippen MR) is 151 cm³/mol. The van der Waals surface area contributed by atoms with Gasteiger partial charge in [0.05, 0.1) is 17.3 Å². The number of hydrogen-bond acceptors (Lipinski definition) is 7. The molecule has 0 aliphatic carbocycles. The number of nitrogens with zero attached hydrogens (tertiary/aromatic N) is 5. The number of fused-ring (bicyclic) bond motifs is 2. The predicted octanol–water partition coefficient (Wildman–Crippen LogP) is 4.51. The lowest BCUT2D eigenvalue weighted by Gasteiger charge is -2.34. The van der Waals surface area contributed by atoms with Crippen LogP contribution < -0.4 is 19.9 Å². The summed E-state index contributed by atoms with van der Waals surface area (Å²) in [6.07, 6.45) is 4.38. The largest absolute Gasteiger partial charge is 0.462 e. The van der Waals surface area contributed by atoms with Crippen LogP contribution in [0.1, 0.15) is 37.4 Å². The molecule has 3 aliphatic rings. The van der Waals surface area contributed by atoms with Crippen molar-refractivity contribution in [2.24, 2.45) is 0 Å². The smallest absolute Gasteiger partial charge is 0.318 e. The van der Waals surface area contributed by atoms with Crippen molar-refractivity contribution in [3.8, 4) is 6.01 Å². The van der Waals surface area contributed by atoms with Gasteiger partial charge in [-0.15, -0.1) is 0 Å². The molecule has 3 aliphatic heterocycles. The average Bonchev–Trinajstić information content (AvgIpc) is 3.53. The Morgan fingerprint density at radius 2 is 2.00 bits per heavy atom. The molecule has 0 spiro atoms. The van der Waals surface area contributed by atoms with Crippen LogP contribution in [0.15, 0.2) is 36.4 Å². The molecule has 4 heterocycles. The first-order valence-electron chi connectivity index (χ1n) is 13.6. The fraction of sp³-hybridized carbons (Fsp3) is 0.517. The Balaban J connectivity index is 1.34. The minimum atomic E-state index is 0.415. The molecule has 0 radical (unpaired) electrons. The topological polar surface area (TPSA) is 56.8 Å². The fourth-order valence-corrected chi connectivity index (χ4v) is 6.51. The monoisotopic (exact) mass is 520 g/mol. The van der Waals surface area contributed by atoms with Crippen molar-refractivity contribution < 1.29 is 4.74 Å². The molecule has 1 aromatic heterocycles. The van der Waals surface area contributed by atoms with Gasteiger partial charge in [0.15, 0.2) is 0 Å². The molecule has 3 aromatic rings. The van der Waals surface area contributed by atoms with Crippen molar-refractivity contribution in [3.63, 3.8) is 0 Å². The van der Waals surface area contributed by atoms with Crippen LogP contribution in [-0.4, -0.2) is 73.3 Å². The van der Waals surface area contributed by atoms with E-state index in [1.165, 1.54) is 12.0 Å². The second-order valence-electron chi connectivity index (χ2n) is 10.9. The highest BCUT2D eigenvalue weighted by molar-refractivity contribution is 6.36. The lowest BCUT2D eigenvalue weighted by molar-refractivity contribution is 0.187. The van der Waals surface area contributed by atoms with Crippen LogP contribution in [0.2, 0.25) is 5.02 Å². The van der Waals surface area contributed by atoms with E-state index in [1.54, 1.807) is 0 Å². The highest BCUT2D eigenvalue weighted by Gasteiger charge is 2.31. The van der Waals surface area contributed by atoms with Gasteiger partial charge in [0, 0.05) is 54.9 Å². The van der Waals surface area contributed by atoms with Crippen molar-refractivity contribution in [2.45, 2.75) is 57.3 Å². The standard InChI is InChI=1S/C29H37ClN6O/c1-19-15-22(16-31-19)35(3)28-23-12-14-36(26-11-5-8-20-7-4-10-24(30)27(20)26)17-25(23)32-29(33-28)37-18-21-9-6-13-34(21)2/h4-5,7-8,10-11,19,21-22,31H,6,9,12-18H2,1-3H3/t19-,21?,22-/m0/s1. The molecule has 2 aromatic carbocycles. The third-order valence-corrected chi connectivity index (χ3v) is 8.80. The first kappa shape index (κ1) is 24.7. The number of likely N-dealkylation sites (tertiary alicyclic amines) is 1. The third kappa shape index (κ3) is 4.85. The van der Waals surface area contributed by atoms with Gasteiger partial charge < -0.3 is 24.8 Å². The van der Waals surface area contributed by atoms with Crippen LogP contribution in [0.25, 0.3) is 10.8 Å². The normalized spacial score (nSPS) is 24.0. The minimum absolute atomic E-state index is 0.415. The summed E-state index contributed by atoms with van der Waals surface area (Å²) in [6, 6.07) is 14.4. The van der Waals surface area contributed by atoms with Crippen LogP contribution in [0.4, 0.5) is 11.5 Å². The van der Waals surface area contributed by atoms with Crippen LogP contribution >= 0.6 is 11.6 Å². The fourth-order valence-electron chi connectivity index (χ4n) is 6.23. The molecule has 1 unspecified atom stereocenters. The zero-order valence-corrected chi connectivity index (χ0v) is 22.8. The Hall–Kier alpha value is -2.61. The maximum absolute atomic E-state index is 6.68. The molecule has 0 saturated carbocycles. The third-order valence-electron chi connectivity index (χ3n) is 8.48. The zero-order valence-electron chi connectivity index (χ0n) is 22.1. The molecule has 7 nitrogen and oxygen atoms in total. The number of nitrogens with one attached hydrogen (secondary N) is 1. The molecule has 0 bridgehead atoms. The van der Waals surface area contributed by atoms with Crippen molar-refractivity contribution in [3.05, 3.63) is 52.7 Å². The summed E-state index contributed by atoms with van der Waals surface area (Å²) in [4.78, 5) is 17.1.